The van der Waals surface area contributed by atoms with Crippen molar-refractivity contribution in [3.05, 3.63) is 96.1 Å². The van der Waals surface area contributed by atoms with Crippen molar-refractivity contribution in [2.24, 2.45) is 5.92 Å². The zero-order valence-corrected chi connectivity index (χ0v) is 18.8. The summed E-state index contributed by atoms with van der Waals surface area (Å²) in [5.74, 6) is -1.72. The molecule has 1 heterocycles. The lowest BCUT2D eigenvalue weighted by molar-refractivity contribution is -0.134. The molecule has 1 atom stereocenters. The predicted molar refractivity (Wildman–Crippen MR) is 132 cm³/mol. The molecule has 2 aromatic rings. The minimum atomic E-state index is -1.26. The Bertz CT molecular complexity index is 993. The molecule has 1 unspecified atom stereocenters. The molecule has 0 saturated carbocycles. The second-order valence-corrected chi connectivity index (χ2v) is 8.36. The summed E-state index contributed by atoms with van der Waals surface area (Å²) in [4.78, 5) is 21.8. The molecule has 1 aliphatic carbocycles. The topological polar surface area (TPSA) is 77.8 Å². The van der Waals surface area contributed by atoms with Crippen molar-refractivity contribution in [3.63, 3.8) is 0 Å². The number of hydrogen-bond acceptors (Lipinski definition) is 3. The van der Waals surface area contributed by atoms with Crippen LogP contribution in [0, 0.1) is 5.92 Å². The second kappa shape index (κ2) is 12.6. The Balaban J connectivity index is 0.000000331. The summed E-state index contributed by atoms with van der Waals surface area (Å²) in [6, 6.07) is 21.8. The highest BCUT2D eigenvalue weighted by atomic mass is 16.4. The zero-order chi connectivity index (χ0) is 23.5. The van der Waals surface area contributed by atoms with Gasteiger partial charge in [-0.15, -0.1) is 0 Å². The number of rotatable bonds is 6. The summed E-state index contributed by atoms with van der Waals surface area (Å²) in [5.41, 5.74) is 5.88. The molecule has 2 aliphatic rings. The monoisotopic (exact) mass is 445 g/mol. The highest BCUT2D eigenvalue weighted by Gasteiger charge is 2.21. The summed E-state index contributed by atoms with van der Waals surface area (Å²) < 4.78 is 0. The number of carbonyl (C=O) groups is 2. The number of hydrogen-bond donors (Lipinski definition) is 2. The maximum atomic E-state index is 9.55. The van der Waals surface area contributed by atoms with E-state index in [4.69, 9.17) is 10.2 Å². The molecule has 33 heavy (non-hydrogen) atoms. The van der Waals surface area contributed by atoms with Crippen molar-refractivity contribution in [3.8, 4) is 0 Å². The van der Waals surface area contributed by atoms with Gasteiger partial charge in [-0.25, -0.2) is 9.59 Å². The van der Waals surface area contributed by atoms with Crippen molar-refractivity contribution < 1.29 is 19.8 Å². The van der Waals surface area contributed by atoms with Gasteiger partial charge in [0, 0.05) is 31.8 Å². The molecule has 4 rings (SSSR count). The van der Waals surface area contributed by atoms with Crippen LogP contribution in [0.25, 0.3) is 11.1 Å². The molecule has 0 radical (unpaired) electrons. The van der Waals surface area contributed by atoms with Crippen LogP contribution in [0.4, 0.5) is 0 Å². The lowest BCUT2D eigenvalue weighted by atomic mass is 9.85. The Hall–Kier alpha value is -3.44. The van der Waals surface area contributed by atoms with Gasteiger partial charge < -0.3 is 10.2 Å². The van der Waals surface area contributed by atoms with Gasteiger partial charge in [0.1, 0.15) is 0 Å². The Morgan fingerprint density at radius 2 is 1.42 bits per heavy atom. The van der Waals surface area contributed by atoms with Crippen LogP contribution in [0.1, 0.15) is 36.8 Å². The fourth-order valence-electron chi connectivity index (χ4n) is 4.33. The first-order valence-corrected chi connectivity index (χ1v) is 11.4. The molecular weight excluding hydrogens is 414 g/mol. The largest absolute Gasteiger partial charge is 0.478 e. The standard InChI is InChI=1S/C24H27N.C4H4O4/c1-3-9-21(10-4-1)23-14-16-25(17-15-23)19-20-8-7-13-24(18-20)22-11-5-2-6-12-22;5-3(6)1-2-4(7)8/h1-6,9-14,20H,7-8,15-19H2;1-2H,(H,5,6)(H,7,8)/b;2-1-. The molecule has 0 saturated heterocycles. The van der Waals surface area contributed by atoms with Gasteiger partial charge in [-0.2, -0.15) is 0 Å². The lowest BCUT2D eigenvalue weighted by Gasteiger charge is -2.32. The molecule has 0 amide bonds. The fourth-order valence-corrected chi connectivity index (χ4v) is 4.33. The molecule has 2 N–H and O–H groups in total. The maximum absolute atomic E-state index is 9.55. The number of allylic oxidation sites excluding steroid dienone is 2. The minimum absolute atomic E-state index is 0.558. The Kier molecular flexibility index (Phi) is 9.21. The lowest BCUT2D eigenvalue weighted by Crippen LogP contribution is -2.33. The van der Waals surface area contributed by atoms with Gasteiger partial charge in [-0.1, -0.05) is 72.8 Å². The summed E-state index contributed by atoms with van der Waals surface area (Å²) in [6.07, 6.45) is 11.0. The van der Waals surface area contributed by atoms with Crippen molar-refractivity contribution >= 4 is 23.1 Å². The van der Waals surface area contributed by atoms with Crippen molar-refractivity contribution in [1.82, 2.24) is 4.90 Å². The molecule has 2 aromatic carbocycles. The van der Waals surface area contributed by atoms with Crippen LogP contribution in [0.5, 0.6) is 0 Å². The van der Waals surface area contributed by atoms with Gasteiger partial charge in [0.2, 0.25) is 0 Å². The van der Waals surface area contributed by atoms with E-state index in [1.165, 1.54) is 55.5 Å². The van der Waals surface area contributed by atoms with Crippen LogP contribution in [-0.4, -0.2) is 46.7 Å². The summed E-state index contributed by atoms with van der Waals surface area (Å²) in [5, 5.41) is 15.6. The molecule has 0 bridgehead atoms. The third-order valence-corrected chi connectivity index (χ3v) is 5.94. The van der Waals surface area contributed by atoms with Gasteiger partial charge in [-0.05, 0) is 53.9 Å². The molecule has 0 fully saturated rings. The van der Waals surface area contributed by atoms with E-state index < -0.39 is 11.9 Å². The van der Waals surface area contributed by atoms with Gasteiger partial charge in [-0.3, -0.25) is 4.90 Å². The number of nitrogens with zero attached hydrogens (tertiary/aromatic N) is 1. The van der Waals surface area contributed by atoms with Crippen LogP contribution in [0.2, 0.25) is 0 Å². The molecule has 0 spiro atoms. The van der Waals surface area contributed by atoms with Gasteiger partial charge in [0.15, 0.2) is 0 Å². The van der Waals surface area contributed by atoms with Crippen LogP contribution < -0.4 is 0 Å². The van der Waals surface area contributed by atoms with E-state index in [2.05, 4.69) is 77.7 Å². The maximum Gasteiger partial charge on any atom is 0.328 e. The van der Waals surface area contributed by atoms with Crippen LogP contribution >= 0.6 is 0 Å². The first-order valence-electron chi connectivity index (χ1n) is 11.4. The first kappa shape index (κ1) is 24.2. The molecule has 5 heteroatoms. The quantitative estimate of drug-likeness (QED) is 0.585. The summed E-state index contributed by atoms with van der Waals surface area (Å²) in [6.45, 7) is 3.54. The van der Waals surface area contributed by atoms with Crippen LogP contribution in [0.15, 0.2) is 85.0 Å². The Labute approximate surface area is 195 Å². The third-order valence-electron chi connectivity index (χ3n) is 5.94. The predicted octanol–water partition coefficient (Wildman–Crippen LogP) is 5.37. The fraction of sp³-hybridized carbons (Fsp3) is 0.286. The third kappa shape index (κ3) is 8.20. The van der Waals surface area contributed by atoms with E-state index in [0.717, 1.165) is 12.5 Å². The molecule has 172 valence electrons. The first-order chi connectivity index (χ1) is 16.0. The number of aliphatic carboxylic acids is 2. The van der Waals surface area contributed by atoms with Crippen molar-refractivity contribution in [1.29, 1.82) is 0 Å². The Morgan fingerprint density at radius 3 is 1.94 bits per heavy atom. The van der Waals surface area contributed by atoms with Gasteiger partial charge >= 0.3 is 11.9 Å². The average molecular weight is 446 g/mol. The molecule has 1 aliphatic heterocycles. The highest BCUT2D eigenvalue weighted by molar-refractivity contribution is 5.89. The molecule has 5 nitrogen and oxygen atoms in total. The number of carboxylic acids is 2. The smallest absolute Gasteiger partial charge is 0.328 e. The number of benzene rings is 2. The van der Waals surface area contributed by atoms with E-state index >= 15 is 0 Å². The van der Waals surface area contributed by atoms with Gasteiger partial charge in [0.05, 0.1) is 0 Å². The summed E-state index contributed by atoms with van der Waals surface area (Å²) in [7, 11) is 0. The minimum Gasteiger partial charge on any atom is -0.478 e. The van der Waals surface area contributed by atoms with E-state index in [1.807, 2.05) is 0 Å². The number of carboxylic acid groups (broad SMARTS) is 2. The van der Waals surface area contributed by atoms with E-state index in [-0.39, 0.29) is 0 Å². The van der Waals surface area contributed by atoms with Crippen molar-refractivity contribution in [2.75, 3.05) is 19.6 Å². The van der Waals surface area contributed by atoms with Crippen LogP contribution in [-0.2, 0) is 9.59 Å². The second-order valence-electron chi connectivity index (χ2n) is 8.36. The van der Waals surface area contributed by atoms with Crippen LogP contribution in [0.3, 0.4) is 0 Å². The average Bonchev–Trinajstić information content (AvgIpc) is 2.85. The molecular formula is C28H31NO4. The highest BCUT2D eigenvalue weighted by Crippen LogP contribution is 2.32. The van der Waals surface area contributed by atoms with E-state index in [1.54, 1.807) is 5.57 Å². The van der Waals surface area contributed by atoms with E-state index in [0.29, 0.717) is 12.2 Å². The summed E-state index contributed by atoms with van der Waals surface area (Å²) >= 11 is 0. The normalized spacial score (nSPS) is 18.6. The SMILES string of the molecule is C1=C(c2ccccc2)CCN(CC2CCC=C(c3ccccc3)C2)C1.O=C(O)/C=C\C(=O)O. The van der Waals surface area contributed by atoms with E-state index in [9.17, 15) is 9.59 Å². The molecule has 0 aromatic heterocycles. The Morgan fingerprint density at radius 1 is 0.848 bits per heavy atom. The van der Waals surface area contributed by atoms with Crippen molar-refractivity contribution in [2.45, 2.75) is 25.7 Å². The van der Waals surface area contributed by atoms with Gasteiger partial charge in [0.25, 0.3) is 0 Å². The zero-order valence-electron chi connectivity index (χ0n) is 18.8.